The number of nitrogens with one attached hydrogen (secondary N) is 1. The first-order valence-corrected chi connectivity index (χ1v) is 7.01. The van der Waals surface area contributed by atoms with E-state index in [9.17, 15) is 0 Å². The lowest BCUT2D eigenvalue weighted by Crippen LogP contribution is -2.31. The summed E-state index contributed by atoms with van der Waals surface area (Å²) < 4.78 is 17.0. The van der Waals surface area contributed by atoms with Crippen LogP contribution in [0, 0.1) is 5.92 Å². The van der Waals surface area contributed by atoms with Crippen LogP contribution in [0.1, 0.15) is 24.5 Å². The molecule has 0 aromatic heterocycles. The van der Waals surface area contributed by atoms with E-state index in [0.29, 0.717) is 19.1 Å². The summed E-state index contributed by atoms with van der Waals surface area (Å²) in [5.41, 5.74) is 1.19. The molecule has 0 amide bonds. The average Bonchev–Trinajstić information content (AvgIpc) is 2.49. The van der Waals surface area contributed by atoms with E-state index in [0.717, 1.165) is 37.4 Å². The van der Waals surface area contributed by atoms with Crippen LogP contribution in [-0.2, 0) is 4.74 Å². The van der Waals surface area contributed by atoms with Crippen molar-refractivity contribution < 1.29 is 14.2 Å². The Hall–Kier alpha value is -1.26. The number of piperidine rings is 1. The van der Waals surface area contributed by atoms with Gasteiger partial charge >= 0.3 is 0 Å². The highest BCUT2D eigenvalue weighted by Crippen LogP contribution is 2.37. The van der Waals surface area contributed by atoms with E-state index >= 15 is 0 Å². The Morgan fingerprint density at radius 2 is 1.89 bits per heavy atom. The van der Waals surface area contributed by atoms with Crippen molar-refractivity contribution >= 4 is 0 Å². The van der Waals surface area contributed by atoms with Crippen LogP contribution in [0.25, 0.3) is 0 Å². The third kappa shape index (κ3) is 2.69. The van der Waals surface area contributed by atoms with Gasteiger partial charge in [0.2, 0.25) is 0 Å². The van der Waals surface area contributed by atoms with E-state index in [4.69, 9.17) is 14.2 Å². The molecule has 0 aliphatic carbocycles. The van der Waals surface area contributed by atoms with Crippen LogP contribution in [0.2, 0.25) is 0 Å². The zero-order valence-corrected chi connectivity index (χ0v) is 11.4. The molecular formula is C15H21NO3. The fraction of sp³-hybridized carbons (Fsp3) is 0.600. The lowest BCUT2D eigenvalue weighted by atomic mass is 9.88. The first-order chi connectivity index (χ1) is 9.38. The minimum Gasteiger partial charge on any atom is -0.486 e. The molecule has 0 bridgehead atoms. The second-order valence-electron chi connectivity index (χ2n) is 5.15. The van der Waals surface area contributed by atoms with Gasteiger partial charge in [-0.2, -0.15) is 0 Å². The summed E-state index contributed by atoms with van der Waals surface area (Å²) >= 11 is 0. The fourth-order valence-corrected chi connectivity index (χ4v) is 2.98. The molecule has 1 aromatic carbocycles. The van der Waals surface area contributed by atoms with Gasteiger partial charge in [-0.05, 0) is 49.5 Å². The van der Waals surface area contributed by atoms with Crippen molar-refractivity contribution in [2.75, 3.05) is 33.4 Å². The van der Waals surface area contributed by atoms with Gasteiger partial charge in [0.05, 0.1) is 6.10 Å². The van der Waals surface area contributed by atoms with Crippen molar-refractivity contribution in [1.82, 2.24) is 5.32 Å². The molecule has 1 N–H and O–H groups in total. The van der Waals surface area contributed by atoms with Gasteiger partial charge in [-0.25, -0.2) is 0 Å². The minimum absolute atomic E-state index is 0.151. The Bertz CT molecular complexity index is 429. The molecule has 1 unspecified atom stereocenters. The van der Waals surface area contributed by atoms with Crippen molar-refractivity contribution in [3.05, 3.63) is 23.8 Å². The summed E-state index contributed by atoms with van der Waals surface area (Å²) in [6.45, 7) is 3.42. The van der Waals surface area contributed by atoms with Gasteiger partial charge in [-0.1, -0.05) is 6.07 Å². The Labute approximate surface area is 114 Å². The fourth-order valence-electron chi connectivity index (χ4n) is 2.98. The van der Waals surface area contributed by atoms with Crippen LogP contribution in [0.5, 0.6) is 11.5 Å². The van der Waals surface area contributed by atoms with E-state index in [-0.39, 0.29) is 6.10 Å². The Kier molecular flexibility index (Phi) is 3.89. The molecular weight excluding hydrogens is 242 g/mol. The predicted octanol–water partition coefficient (Wildman–Crippen LogP) is 2.14. The van der Waals surface area contributed by atoms with Gasteiger partial charge in [0.1, 0.15) is 13.2 Å². The quantitative estimate of drug-likeness (QED) is 0.907. The normalized spacial score (nSPS) is 21.1. The highest BCUT2D eigenvalue weighted by molar-refractivity contribution is 5.44. The molecule has 0 saturated carbocycles. The standard InChI is InChI=1S/C15H21NO3/c1-17-15(11-4-6-16-7-5-11)12-2-3-13-14(10-12)19-9-8-18-13/h2-3,10-11,15-16H,4-9H2,1H3. The summed E-state index contributed by atoms with van der Waals surface area (Å²) in [5, 5.41) is 3.39. The predicted molar refractivity (Wildman–Crippen MR) is 72.8 cm³/mol. The minimum atomic E-state index is 0.151. The van der Waals surface area contributed by atoms with Crippen molar-refractivity contribution in [3.8, 4) is 11.5 Å². The molecule has 4 heteroatoms. The molecule has 1 aromatic rings. The molecule has 2 aliphatic rings. The first-order valence-electron chi connectivity index (χ1n) is 7.01. The lowest BCUT2D eigenvalue weighted by Gasteiger charge is -2.30. The molecule has 0 spiro atoms. The molecule has 0 radical (unpaired) electrons. The second-order valence-corrected chi connectivity index (χ2v) is 5.15. The number of fused-ring (bicyclic) bond motifs is 1. The lowest BCUT2D eigenvalue weighted by molar-refractivity contribution is 0.0379. The maximum absolute atomic E-state index is 5.74. The molecule has 1 saturated heterocycles. The van der Waals surface area contributed by atoms with Crippen LogP contribution in [0.15, 0.2) is 18.2 Å². The third-order valence-electron chi connectivity index (χ3n) is 3.96. The van der Waals surface area contributed by atoms with Gasteiger partial charge in [-0.15, -0.1) is 0 Å². The summed E-state index contributed by atoms with van der Waals surface area (Å²) in [5.74, 6) is 2.27. The third-order valence-corrected chi connectivity index (χ3v) is 3.96. The number of rotatable bonds is 3. The highest BCUT2D eigenvalue weighted by Gasteiger charge is 2.26. The highest BCUT2D eigenvalue weighted by atomic mass is 16.6. The van der Waals surface area contributed by atoms with Crippen LogP contribution in [0.3, 0.4) is 0 Å². The van der Waals surface area contributed by atoms with Crippen LogP contribution in [0.4, 0.5) is 0 Å². The number of methoxy groups -OCH3 is 1. The molecule has 2 aliphatic heterocycles. The summed E-state index contributed by atoms with van der Waals surface area (Å²) in [4.78, 5) is 0. The molecule has 1 fully saturated rings. The monoisotopic (exact) mass is 263 g/mol. The van der Waals surface area contributed by atoms with Crippen molar-refractivity contribution in [2.45, 2.75) is 18.9 Å². The van der Waals surface area contributed by atoms with E-state index in [1.165, 1.54) is 5.56 Å². The Morgan fingerprint density at radius 1 is 1.16 bits per heavy atom. The molecule has 2 heterocycles. The zero-order chi connectivity index (χ0) is 13.1. The molecule has 4 nitrogen and oxygen atoms in total. The first kappa shape index (κ1) is 12.8. The van der Waals surface area contributed by atoms with Crippen molar-refractivity contribution in [2.24, 2.45) is 5.92 Å². The SMILES string of the molecule is COC(c1ccc2c(c1)OCCO2)C1CCNCC1. The average molecular weight is 263 g/mol. The van der Waals surface area contributed by atoms with Crippen LogP contribution < -0.4 is 14.8 Å². The van der Waals surface area contributed by atoms with Crippen LogP contribution in [-0.4, -0.2) is 33.4 Å². The van der Waals surface area contributed by atoms with Crippen molar-refractivity contribution in [3.63, 3.8) is 0 Å². The molecule has 1 atom stereocenters. The Morgan fingerprint density at radius 3 is 2.63 bits per heavy atom. The van der Waals surface area contributed by atoms with E-state index in [1.54, 1.807) is 7.11 Å². The largest absolute Gasteiger partial charge is 0.486 e. The maximum Gasteiger partial charge on any atom is 0.161 e. The number of benzene rings is 1. The van der Waals surface area contributed by atoms with Gasteiger partial charge < -0.3 is 19.5 Å². The number of hydrogen-bond donors (Lipinski definition) is 1. The van der Waals surface area contributed by atoms with Crippen LogP contribution >= 0.6 is 0 Å². The number of hydrogen-bond acceptors (Lipinski definition) is 4. The summed E-state index contributed by atoms with van der Waals surface area (Å²) in [6.07, 6.45) is 2.47. The number of ether oxygens (including phenoxy) is 3. The molecule has 3 rings (SSSR count). The zero-order valence-electron chi connectivity index (χ0n) is 11.4. The topological polar surface area (TPSA) is 39.7 Å². The second kappa shape index (κ2) is 5.80. The van der Waals surface area contributed by atoms with Gasteiger partial charge in [0.25, 0.3) is 0 Å². The summed E-state index contributed by atoms with van der Waals surface area (Å²) in [7, 11) is 1.80. The molecule has 19 heavy (non-hydrogen) atoms. The Balaban J connectivity index is 1.82. The summed E-state index contributed by atoms with van der Waals surface area (Å²) in [6, 6.07) is 6.17. The smallest absolute Gasteiger partial charge is 0.161 e. The van der Waals surface area contributed by atoms with E-state index in [2.05, 4.69) is 17.4 Å². The van der Waals surface area contributed by atoms with Crippen molar-refractivity contribution in [1.29, 1.82) is 0 Å². The van der Waals surface area contributed by atoms with Gasteiger partial charge in [0.15, 0.2) is 11.5 Å². The van der Waals surface area contributed by atoms with E-state index in [1.807, 2.05) is 6.07 Å². The maximum atomic E-state index is 5.74. The van der Waals surface area contributed by atoms with Gasteiger partial charge in [-0.3, -0.25) is 0 Å². The van der Waals surface area contributed by atoms with Gasteiger partial charge in [0, 0.05) is 7.11 Å². The van der Waals surface area contributed by atoms with E-state index < -0.39 is 0 Å². The molecule has 104 valence electrons.